The Bertz CT molecular complexity index is 1390. The van der Waals surface area contributed by atoms with E-state index < -0.39 is 33.2 Å². The van der Waals surface area contributed by atoms with Crippen molar-refractivity contribution < 1.29 is 40.0 Å². The lowest BCUT2D eigenvalue weighted by Crippen LogP contribution is -2.28. The molecule has 1 atom stereocenters. The first-order valence-corrected chi connectivity index (χ1v) is 11.9. The van der Waals surface area contributed by atoms with Crippen molar-refractivity contribution in [3.63, 3.8) is 0 Å². The van der Waals surface area contributed by atoms with Gasteiger partial charge in [0.15, 0.2) is 29.0 Å². The lowest BCUT2D eigenvalue weighted by atomic mass is 10.1. The lowest BCUT2D eigenvalue weighted by molar-refractivity contribution is -0.0500. The minimum absolute atomic E-state index is 0.0360. The van der Waals surface area contributed by atoms with E-state index in [1.807, 2.05) is 0 Å². The first-order valence-electron chi connectivity index (χ1n) is 10.5. The van der Waals surface area contributed by atoms with E-state index in [9.17, 15) is 26.4 Å². The number of hydrogen-bond donors (Lipinski definition) is 1. The zero-order valence-corrected chi connectivity index (χ0v) is 19.5. The van der Waals surface area contributed by atoms with E-state index in [-0.39, 0.29) is 17.5 Å². The maximum absolute atomic E-state index is 12.9. The fourth-order valence-electron chi connectivity index (χ4n) is 3.86. The molecule has 35 heavy (non-hydrogen) atoms. The van der Waals surface area contributed by atoms with E-state index in [2.05, 4.69) is 14.3 Å². The summed E-state index contributed by atoms with van der Waals surface area (Å²) in [5, 5.41) is 4.32. The zero-order chi connectivity index (χ0) is 25.4. The van der Waals surface area contributed by atoms with Crippen LogP contribution in [0.3, 0.4) is 0 Å². The maximum atomic E-state index is 12.9. The van der Waals surface area contributed by atoms with Gasteiger partial charge in [0.2, 0.25) is 0 Å². The number of methoxy groups -OCH3 is 2. The summed E-state index contributed by atoms with van der Waals surface area (Å²) in [6, 6.07) is 5.75. The third kappa shape index (κ3) is 4.93. The van der Waals surface area contributed by atoms with Gasteiger partial charge in [-0.2, -0.15) is 26.7 Å². The monoisotopic (exact) mass is 517 g/mol. The standard InChI is InChI=1S/C21H22F3N3O7S/c1-31-14-7-6-12(10-15(14)32-2)9-13-19-20(26-27(13)18-5-3-4-8-33-18)16(11-17(28)25-19)34-35(29,30)21(22,23)24/h6-7,10-11,18H,3-5,8-9H2,1-2H3,(H,25,28). The Kier molecular flexibility index (Phi) is 6.68. The van der Waals surface area contributed by atoms with Gasteiger partial charge in [0.25, 0.3) is 5.56 Å². The molecule has 0 spiro atoms. The second kappa shape index (κ2) is 9.41. The summed E-state index contributed by atoms with van der Waals surface area (Å²) in [4.78, 5) is 14.8. The van der Waals surface area contributed by atoms with E-state index >= 15 is 0 Å². The quantitative estimate of drug-likeness (QED) is 0.375. The zero-order valence-electron chi connectivity index (χ0n) is 18.7. The summed E-state index contributed by atoms with van der Waals surface area (Å²) < 4.78 is 84.3. The van der Waals surface area contributed by atoms with Crippen LogP contribution in [0.25, 0.3) is 11.0 Å². The normalized spacial score (nSPS) is 16.9. The van der Waals surface area contributed by atoms with Gasteiger partial charge in [-0.3, -0.25) is 4.79 Å². The number of H-pyrrole nitrogens is 1. The van der Waals surface area contributed by atoms with Gasteiger partial charge in [-0.05, 0) is 37.0 Å². The SMILES string of the molecule is COc1ccc(Cc2c3[nH]c(=O)cc(OS(=O)(=O)C(F)(F)F)c3nn2C2CCCCO2)cc1OC. The van der Waals surface area contributed by atoms with E-state index in [0.717, 1.165) is 12.8 Å². The minimum Gasteiger partial charge on any atom is -0.493 e. The van der Waals surface area contributed by atoms with Gasteiger partial charge in [-0.25, -0.2) is 4.68 Å². The van der Waals surface area contributed by atoms with Crippen LogP contribution in [0.4, 0.5) is 13.2 Å². The highest BCUT2D eigenvalue weighted by Crippen LogP contribution is 2.35. The van der Waals surface area contributed by atoms with Gasteiger partial charge in [-0.15, -0.1) is 0 Å². The average Bonchev–Trinajstić information content (AvgIpc) is 3.16. The molecule has 1 aromatic carbocycles. The minimum atomic E-state index is -6.03. The number of rotatable bonds is 7. The molecule has 1 aliphatic rings. The van der Waals surface area contributed by atoms with Gasteiger partial charge >= 0.3 is 15.6 Å². The third-order valence-corrected chi connectivity index (χ3v) is 6.45. The molecule has 0 aliphatic carbocycles. The van der Waals surface area contributed by atoms with Crippen molar-refractivity contribution in [3.05, 3.63) is 45.9 Å². The van der Waals surface area contributed by atoms with Crippen molar-refractivity contribution in [2.75, 3.05) is 20.8 Å². The second-order valence-electron chi connectivity index (χ2n) is 7.78. The number of nitrogens with zero attached hydrogens (tertiary/aromatic N) is 2. The highest BCUT2D eigenvalue weighted by Gasteiger charge is 2.49. The van der Waals surface area contributed by atoms with Crippen molar-refractivity contribution in [2.45, 2.75) is 37.4 Å². The van der Waals surface area contributed by atoms with Crippen LogP contribution in [0.2, 0.25) is 0 Å². The molecule has 0 saturated carbocycles. The highest BCUT2D eigenvalue weighted by atomic mass is 32.2. The number of alkyl halides is 3. The Labute approximate surface area is 197 Å². The molecular weight excluding hydrogens is 495 g/mol. The first kappa shape index (κ1) is 24.9. The van der Waals surface area contributed by atoms with E-state index in [4.69, 9.17) is 14.2 Å². The van der Waals surface area contributed by atoms with Crippen molar-refractivity contribution in [1.82, 2.24) is 14.8 Å². The number of pyridine rings is 1. The van der Waals surface area contributed by atoms with Gasteiger partial charge in [0, 0.05) is 19.1 Å². The van der Waals surface area contributed by atoms with Gasteiger partial charge < -0.3 is 23.4 Å². The molecule has 0 bridgehead atoms. The molecule has 2 aromatic heterocycles. The molecule has 1 saturated heterocycles. The molecule has 0 amide bonds. The molecule has 1 fully saturated rings. The van der Waals surface area contributed by atoms with Crippen molar-refractivity contribution in [2.24, 2.45) is 0 Å². The number of ether oxygens (including phenoxy) is 3. The van der Waals surface area contributed by atoms with Crippen LogP contribution in [0.5, 0.6) is 17.2 Å². The van der Waals surface area contributed by atoms with Crippen LogP contribution in [0.15, 0.2) is 29.1 Å². The predicted octanol–water partition coefficient (Wildman–Crippen LogP) is 3.26. The molecule has 14 heteroatoms. The van der Waals surface area contributed by atoms with Gasteiger partial charge in [0.1, 0.15) is 0 Å². The van der Waals surface area contributed by atoms with E-state index in [1.165, 1.54) is 18.9 Å². The summed E-state index contributed by atoms with van der Waals surface area (Å²) in [5.74, 6) is 0.110. The molecule has 3 aromatic rings. The fourth-order valence-corrected chi connectivity index (χ4v) is 4.31. The van der Waals surface area contributed by atoms with Crippen LogP contribution in [0, 0.1) is 0 Å². The summed E-state index contributed by atoms with van der Waals surface area (Å²) in [6.45, 7) is 0.443. The third-order valence-electron chi connectivity index (χ3n) is 5.48. The second-order valence-corrected chi connectivity index (χ2v) is 9.32. The molecular formula is C21H22F3N3O7S. The summed E-state index contributed by atoms with van der Waals surface area (Å²) in [6.07, 6.45) is 1.80. The molecule has 4 rings (SSSR count). The predicted molar refractivity (Wildman–Crippen MR) is 117 cm³/mol. The summed E-state index contributed by atoms with van der Waals surface area (Å²) in [5.41, 5.74) is -5.65. The molecule has 3 heterocycles. The molecule has 190 valence electrons. The number of hydrogen-bond acceptors (Lipinski definition) is 8. The number of aromatic amines is 1. The number of halogens is 3. The molecule has 1 N–H and O–H groups in total. The summed E-state index contributed by atoms with van der Waals surface area (Å²) >= 11 is 0. The number of fused-ring (bicyclic) bond motifs is 1. The number of benzene rings is 1. The molecule has 1 unspecified atom stereocenters. The van der Waals surface area contributed by atoms with Crippen molar-refractivity contribution >= 4 is 21.2 Å². The average molecular weight is 517 g/mol. The largest absolute Gasteiger partial charge is 0.534 e. The molecule has 10 nitrogen and oxygen atoms in total. The Morgan fingerprint density at radius 3 is 2.51 bits per heavy atom. The molecule has 0 radical (unpaired) electrons. The number of aromatic nitrogens is 3. The topological polar surface area (TPSA) is 122 Å². The van der Waals surface area contributed by atoms with Crippen molar-refractivity contribution in [1.29, 1.82) is 0 Å². The van der Waals surface area contributed by atoms with Crippen molar-refractivity contribution in [3.8, 4) is 17.2 Å². The molecule has 1 aliphatic heterocycles. The smallest absolute Gasteiger partial charge is 0.493 e. The Morgan fingerprint density at radius 1 is 1.14 bits per heavy atom. The van der Waals surface area contributed by atoms with Crippen LogP contribution in [0.1, 0.15) is 36.7 Å². The van der Waals surface area contributed by atoms with Crippen LogP contribution < -0.4 is 19.2 Å². The first-order chi connectivity index (χ1) is 16.5. The fraction of sp³-hybridized carbons (Fsp3) is 0.429. The van der Waals surface area contributed by atoms with Crippen LogP contribution in [-0.4, -0.2) is 49.5 Å². The van der Waals surface area contributed by atoms with Crippen LogP contribution in [-0.2, 0) is 21.3 Å². The summed E-state index contributed by atoms with van der Waals surface area (Å²) in [7, 11) is -3.07. The maximum Gasteiger partial charge on any atom is 0.534 e. The highest BCUT2D eigenvalue weighted by molar-refractivity contribution is 7.88. The van der Waals surface area contributed by atoms with E-state index in [0.29, 0.717) is 41.9 Å². The van der Waals surface area contributed by atoms with Gasteiger partial charge in [0.05, 0.1) is 25.4 Å². The Balaban J connectivity index is 1.88. The van der Waals surface area contributed by atoms with Gasteiger partial charge in [-0.1, -0.05) is 6.07 Å². The lowest BCUT2D eigenvalue weighted by Gasteiger charge is -2.24. The Morgan fingerprint density at radius 2 is 1.89 bits per heavy atom. The number of nitrogens with one attached hydrogen (secondary N) is 1. The van der Waals surface area contributed by atoms with E-state index in [1.54, 1.807) is 18.2 Å². The Hall–Kier alpha value is -3.26. The van der Waals surface area contributed by atoms with Crippen LogP contribution >= 0.6 is 0 Å².